The highest BCUT2D eigenvalue weighted by molar-refractivity contribution is 5.78. The first-order valence-electron chi connectivity index (χ1n) is 5.89. The minimum atomic E-state index is -0.890. The quantitative estimate of drug-likeness (QED) is 0.769. The van der Waals surface area contributed by atoms with Gasteiger partial charge in [-0.15, -0.1) is 0 Å². The predicted octanol–water partition coefficient (Wildman–Crippen LogP) is 0.848. The number of halogens is 1. The number of hydrogen-bond donors (Lipinski definition) is 2. The van der Waals surface area contributed by atoms with Crippen LogP contribution in [0, 0.1) is 5.82 Å². The summed E-state index contributed by atoms with van der Waals surface area (Å²) in [6.45, 7) is 0.777. The van der Waals surface area contributed by atoms with E-state index in [0.29, 0.717) is 13.1 Å². The van der Waals surface area contributed by atoms with Crippen LogP contribution in [0.3, 0.4) is 0 Å². The van der Waals surface area contributed by atoms with Gasteiger partial charge in [0.05, 0.1) is 13.0 Å². The Bertz CT molecular complexity index is 434. The van der Waals surface area contributed by atoms with Crippen LogP contribution in [-0.4, -0.2) is 42.0 Å². The normalized spacial score (nSPS) is 10.5. The third kappa shape index (κ3) is 6.52. The van der Waals surface area contributed by atoms with Crippen LogP contribution in [0.4, 0.5) is 4.39 Å². The van der Waals surface area contributed by atoms with Gasteiger partial charge in [-0.25, -0.2) is 4.39 Å². The highest BCUT2D eigenvalue weighted by Gasteiger charge is 2.07. The lowest BCUT2D eigenvalue weighted by Gasteiger charge is -2.14. The summed E-state index contributed by atoms with van der Waals surface area (Å²) in [5, 5.41) is 11.2. The number of benzene rings is 1. The fourth-order valence-corrected chi connectivity index (χ4v) is 1.47. The molecule has 1 rings (SSSR count). The molecule has 104 valence electrons. The number of carboxylic acid groups (broad SMARTS) is 1. The van der Waals surface area contributed by atoms with Crippen LogP contribution in [0.5, 0.6) is 0 Å². The van der Waals surface area contributed by atoms with E-state index in [0.717, 1.165) is 5.56 Å². The van der Waals surface area contributed by atoms with Gasteiger partial charge in [0.15, 0.2) is 0 Å². The molecule has 0 aliphatic heterocycles. The van der Waals surface area contributed by atoms with Gasteiger partial charge in [-0.1, -0.05) is 12.1 Å². The van der Waals surface area contributed by atoms with Crippen molar-refractivity contribution < 1.29 is 19.1 Å². The van der Waals surface area contributed by atoms with Crippen LogP contribution in [0.25, 0.3) is 0 Å². The van der Waals surface area contributed by atoms with E-state index in [2.05, 4.69) is 5.32 Å². The summed E-state index contributed by atoms with van der Waals surface area (Å²) in [5.41, 5.74) is 0.808. The predicted molar refractivity (Wildman–Crippen MR) is 68.0 cm³/mol. The molecule has 1 aromatic rings. The van der Waals surface area contributed by atoms with Crippen molar-refractivity contribution in [2.75, 3.05) is 20.1 Å². The zero-order valence-electron chi connectivity index (χ0n) is 10.7. The molecule has 0 heterocycles. The molecular weight excluding hydrogens is 251 g/mol. The van der Waals surface area contributed by atoms with Crippen LogP contribution >= 0.6 is 0 Å². The number of nitrogens with one attached hydrogen (secondary N) is 1. The molecule has 19 heavy (non-hydrogen) atoms. The molecule has 0 unspecified atom stereocenters. The Hall–Kier alpha value is -1.95. The summed E-state index contributed by atoms with van der Waals surface area (Å²) in [6, 6.07) is 5.87. The van der Waals surface area contributed by atoms with Crippen molar-refractivity contribution in [1.82, 2.24) is 10.2 Å². The molecule has 0 aliphatic rings. The van der Waals surface area contributed by atoms with E-state index >= 15 is 0 Å². The Morgan fingerprint density at radius 2 is 1.95 bits per heavy atom. The standard InChI is InChI=1S/C13H17FN2O3/c1-16(7-6-13(18)19)9-12(17)15-8-10-2-4-11(14)5-3-10/h2-5H,6-9H2,1H3,(H,15,17)(H,18,19). The number of aliphatic carboxylic acids is 1. The van der Waals surface area contributed by atoms with E-state index in [-0.39, 0.29) is 24.7 Å². The molecule has 5 nitrogen and oxygen atoms in total. The first-order valence-corrected chi connectivity index (χ1v) is 5.89. The minimum absolute atomic E-state index is 0.00173. The Kier molecular flexibility index (Phi) is 5.95. The van der Waals surface area contributed by atoms with Crippen LogP contribution < -0.4 is 5.32 Å². The second-order valence-corrected chi connectivity index (χ2v) is 4.28. The van der Waals surface area contributed by atoms with E-state index in [1.807, 2.05) is 0 Å². The zero-order valence-corrected chi connectivity index (χ0v) is 10.7. The van der Waals surface area contributed by atoms with E-state index in [1.54, 1.807) is 24.1 Å². The monoisotopic (exact) mass is 268 g/mol. The third-order valence-electron chi connectivity index (χ3n) is 2.52. The van der Waals surface area contributed by atoms with Gasteiger partial charge in [0.2, 0.25) is 5.91 Å². The lowest BCUT2D eigenvalue weighted by molar-refractivity contribution is -0.137. The Morgan fingerprint density at radius 1 is 1.32 bits per heavy atom. The number of nitrogens with zero attached hydrogens (tertiary/aromatic N) is 1. The number of carboxylic acids is 1. The third-order valence-corrected chi connectivity index (χ3v) is 2.52. The summed E-state index contributed by atoms with van der Waals surface area (Å²) in [7, 11) is 1.68. The number of likely N-dealkylation sites (N-methyl/N-ethyl adjacent to an activating group) is 1. The van der Waals surface area contributed by atoms with Gasteiger partial charge in [-0.3, -0.25) is 14.5 Å². The molecular formula is C13H17FN2O3. The van der Waals surface area contributed by atoms with Gasteiger partial charge in [0.25, 0.3) is 0 Å². The highest BCUT2D eigenvalue weighted by Crippen LogP contribution is 2.01. The fourth-order valence-electron chi connectivity index (χ4n) is 1.47. The summed E-state index contributed by atoms with van der Waals surface area (Å²) in [5.74, 6) is -1.40. The van der Waals surface area contributed by atoms with Crippen molar-refractivity contribution in [2.24, 2.45) is 0 Å². The topological polar surface area (TPSA) is 69.6 Å². The molecule has 0 aliphatic carbocycles. The smallest absolute Gasteiger partial charge is 0.304 e. The molecule has 0 bridgehead atoms. The second-order valence-electron chi connectivity index (χ2n) is 4.28. The van der Waals surface area contributed by atoms with E-state index < -0.39 is 5.97 Å². The molecule has 1 aromatic carbocycles. The molecule has 0 radical (unpaired) electrons. The van der Waals surface area contributed by atoms with Gasteiger partial charge >= 0.3 is 5.97 Å². The summed E-state index contributed by atoms with van der Waals surface area (Å²) in [6.07, 6.45) is 0.00173. The molecule has 0 atom stereocenters. The number of rotatable bonds is 7. The van der Waals surface area contributed by atoms with Crippen molar-refractivity contribution >= 4 is 11.9 Å². The SMILES string of the molecule is CN(CCC(=O)O)CC(=O)NCc1ccc(F)cc1. The van der Waals surface area contributed by atoms with Gasteiger partial charge in [-0.2, -0.15) is 0 Å². The molecule has 0 aromatic heterocycles. The molecule has 1 amide bonds. The van der Waals surface area contributed by atoms with Gasteiger partial charge in [0.1, 0.15) is 5.82 Å². The minimum Gasteiger partial charge on any atom is -0.481 e. The fraction of sp³-hybridized carbons (Fsp3) is 0.385. The molecule has 0 fully saturated rings. The van der Waals surface area contributed by atoms with Crippen LogP contribution in [0.2, 0.25) is 0 Å². The van der Waals surface area contributed by atoms with Crippen molar-refractivity contribution in [2.45, 2.75) is 13.0 Å². The van der Waals surface area contributed by atoms with Gasteiger partial charge in [0, 0.05) is 13.1 Å². The average molecular weight is 268 g/mol. The molecule has 0 spiro atoms. The Balaban J connectivity index is 2.27. The average Bonchev–Trinajstić information content (AvgIpc) is 2.36. The Labute approximate surface area is 111 Å². The number of amides is 1. The zero-order chi connectivity index (χ0) is 14.3. The number of carbonyl (C=O) groups is 2. The van der Waals surface area contributed by atoms with E-state index in [4.69, 9.17) is 5.11 Å². The lowest BCUT2D eigenvalue weighted by Crippen LogP contribution is -2.35. The molecule has 0 saturated heterocycles. The maximum Gasteiger partial charge on any atom is 0.304 e. The summed E-state index contributed by atoms with van der Waals surface area (Å²) >= 11 is 0. The maximum atomic E-state index is 12.7. The van der Waals surface area contributed by atoms with E-state index in [9.17, 15) is 14.0 Å². The van der Waals surface area contributed by atoms with Gasteiger partial charge < -0.3 is 10.4 Å². The largest absolute Gasteiger partial charge is 0.481 e. The van der Waals surface area contributed by atoms with Gasteiger partial charge in [-0.05, 0) is 24.7 Å². The molecule has 2 N–H and O–H groups in total. The number of carbonyl (C=O) groups excluding carboxylic acids is 1. The van der Waals surface area contributed by atoms with Crippen LogP contribution in [0.1, 0.15) is 12.0 Å². The van der Waals surface area contributed by atoms with Crippen LogP contribution in [-0.2, 0) is 16.1 Å². The molecule has 0 saturated carbocycles. The number of hydrogen-bond acceptors (Lipinski definition) is 3. The first-order chi connectivity index (χ1) is 8.97. The van der Waals surface area contributed by atoms with Crippen molar-refractivity contribution in [3.05, 3.63) is 35.6 Å². The second kappa shape index (κ2) is 7.48. The van der Waals surface area contributed by atoms with Crippen molar-refractivity contribution in [3.63, 3.8) is 0 Å². The van der Waals surface area contributed by atoms with Crippen molar-refractivity contribution in [3.8, 4) is 0 Å². The highest BCUT2D eigenvalue weighted by atomic mass is 19.1. The summed E-state index contributed by atoms with van der Waals surface area (Å²) in [4.78, 5) is 23.6. The van der Waals surface area contributed by atoms with Crippen LogP contribution in [0.15, 0.2) is 24.3 Å². The maximum absolute atomic E-state index is 12.7. The Morgan fingerprint density at radius 3 is 2.53 bits per heavy atom. The van der Waals surface area contributed by atoms with Crippen molar-refractivity contribution in [1.29, 1.82) is 0 Å². The summed E-state index contributed by atoms with van der Waals surface area (Å²) < 4.78 is 12.7. The molecule has 6 heteroatoms. The van der Waals surface area contributed by atoms with E-state index in [1.165, 1.54) is 12.1 Å². The first kappa shape index (κ1) is 15.1. The lowest BCUT2D eigenvalue weighted by atomic mass is 10.2.